The van der Waals surface area contributed by atoms with E-state index in [4.69, 9.17) is 14.2 Å². The van der Waals surface area contributed by atoms with E-state index in [0.717, 1.165) is 50.5 Å². The number of carbonyl (C=O) groups excluding carboxylic acids is 3. The van der Waals surface area contributed by atoms with Gasteiger partial charge in [-0.05, 0) is 79.1 Å². The Hall–Kier alpha value is -1.73. The highest BCUT2D eigenvalue weighted by molar-refractivity contribution is 5.96. The third-order valence-corrected chi connectivity index (χ3v) is 13.2. The third-order valence-electron chi connectivity index (χ3n) is 13.2. The number of esters is 2. The maximum Gasteiger partial charge on any atom is 0.369 e. The van der Waals surface area contributed by atoms with Crippen molar-refractivity contribution in [1.29, 1.82) is 0 Å². The van der Waals surface area contributed by atoms with E-state index >= 15 is 0 Å². The summed E-state index contributed by atoms with van der Waals surface area (Å²) in [6.45, 7) is 14.8. The zero-order valence-corrected chi connectivity index (χ0v) is 24.2. The van der Waals surface area contributed by atoms with E-state index in [9.17, 15) is 19.5 Å². The molecule has 2 aliphatic heterocycles. The average molecular weight is 529 g/mol. The van der Waals surface area contributed by atoms with Crippen LogP contribution in [0.5, 0.6) is 0 Å². The van der Waals surface area contributed by atoms with Gasteiger partial charge in [-0.3, -0.25) is 14.3 Å². The Labute approximate surface area is 226 Å². The first-order valence-corrected chi connectivity index (χ1v) is 14.4. The van der Waals surface area contributed by atoms with Gasteiger partial charge in [0.05, 0.1) is 12.5 Å². The second-order valence-corrected chi connectivity index (χ2v) is 15.4. The molecule has 0 aromatic heterocycles. The lowest BCUT2D eigenvalue weighted by Crippen LogP contribution is -2.71. The summed E-state index contributed by atoms with van der Waals surface area (Å²) >= 11 is 0. The van der Waals surface area contributed by atoms with Crippen LogP contribution in [0.1, 0.15) is 93.4 Å². The summed E-state index contributed by atoms with van der Waals surface area (Å²) in [4.78, 5) is 40.8. The van der Waals surface area contributed by atoms with Gasteiger partial charge < -0.3 is 14.6 Å². The van der Waals surface area contributed by atoms with Crippen molar-refractivity contribution in [3.05, 3.63) is 11.6 Å². The fourth-order valence-electron chi connectivity index (χ4n) is 10.7. The van der Waals surface area contributed by atoms with Crippen molar-refractivity contribution in [1.82, 2.24) is 0 Å². The molecule has 210 valence electrons. The molecule has 1 N–H and O–H groups in total. The van der Waals surface area contributed by atoms with Gasteiger partial charge in [0.25, 0.3) is 5.79 Å². The van der Waals surface area contributed by atoms with E-state index in [2.05, 4.69) is 27.7 Å². The van der Waals surface area contributed by atoms with Crippen LogP contribution < -0.4 is 0 Å². The van der Waals surface area contributed by atoms with Gasteiger partial charge in [-0.1, -0.05) is 54.0 Å². The number of aliphatic hydroxyl groups is 1. The monoisotopic (exact) mass is 528 g/mol. The molecular weight excluding hydrogens is 484 g/mol. The molecule has 6 rings (SSSR count). The minimum absolute atomic E-state index is 0.0315. The van der Waals surface area contributed by atoms with Crippen LogP contribution >= 0.6 is 0 Å². The van der Waals surface area contributed by atoms with Gasteiger partial charge in [0.2, 0.25) is 6.29 Å². The van der Waals surface area contributed by atoms with Crippen molar-refractivity contribution in [3.63, 3.8) is 0 Å². The van der Waals surface area contributed by atoms with E-state index in [-0.39, 0.29) is 34.4 Å². The summed E-state index contributed by atoms with van der Waals surface area (Å²) in [5.74, 6) is -3.49. The lowest BCUT2D eigenvalue weighted by molar-refractivity contribution is -0.357. The Morgan fingerprint density at radius 3 is 2.32 bits per heavy atom. The average Bonchev–Trinajstić information content (AvgIpc) is 3.14. The number of rotatable bonds is 1. The molecule has 2 heterocycles. The van der Waals surface area contributed by atoms with Crippen molar-refractivity contribution in [2.24, 2.45) is 50.2 Å². The van der Waals surface area contributed by atoms with Gasteiger partial charge in [-0.2, -0.15) is 0 Å². The molecule has 0 radical (unpaired) electrons. The van der Waals surface area contributed by atoms with Crippen LogP contribution in [-0.4, -0.2) is 42.0 Å². The summed E-state index contributed by atoms with van der Waals surface area (Å²) in [6.07, 6.45) is 6.56. The molecule has 5 fully saturated rings. The molecular formula is C31H44O7. The van der Waals surface area contributed by atoms with Crippen LogP contribution in [0.25, 0.3) is 0 Å². The molecule has 2 bridgehead atoms. The molecule has 7 heteroatoms. The molecule has 6 aliphatic rings. The number of hydrogen-bond acceptors (Lipinski definition) is 7. The Morgan fingerprint density at radius 1 is 1.00 bits per heavy atom. The zero-order valence-electron chi connectivity index (χ0n) is 24.2. The topological polar surface area (TPSA) is 99.1 Å². The number of hydrogen-bond donors (Lipinski definition) is 1. The lowest BCUT2D eigenvalue weighted by atomic mass is 9.34. The SMILES string of the molecule is COC(=O)[C@]12CCC(C)(C)C[C@H]1C1=CC(=O)[C@@H]3[C@@]4(C)[C@H]5OC(=O)[C@](O)(O5)C(C)(C)[C@@H]4CC[C@@]3(C)[C@]1(C)CC2. The lowest BCUT2D eigenvalue weighted by Gasteiger charge is -2.70. The predicted molar refractivity (Wildman–Crippen MR) is 138 cm³/mol. The van der Waals surface area contributed by atoms with Crippen LogP contribution in [0.4, 0.5) is 0 Å². The van der Waals surface area contributed by atoms with Crippen LogP contribution in [-0.2, 0) is 28.6 Å². The molecule has 9 atom stereocenters. The number of allylic oxidation sites excluding steroid dienone is 2. The summed E-state index contributed by atoms with van der Waals surface area (Å²) in [7, 11) is 1.48. The van der Waals surface area contributed by atoms with Gasteiger partial charge in [-0.25, -0.2) is 4.79 Å². The molecule has 0 amide bonds. The standard InChI is InChI=1S/C31H44O7/c1-25(2)11-13-30(22(33)36-8)14-12-27(5)17(18(30)16-25)15-19(32)21-28(27,6)10-9-20-26(3,4)31(35)23(34)37-24(38-31)29(20,21)7/h15,18,20-21,24,35H,9-14,16H2,1-8H3/t18-,20-,21-,24-,27+,28+,29-,30-,31-/m0/s1. The van der Waals surface area contributed by atoms with Gasteiger partial charge in [0.15, 0.2) is 5.78 Å². The molecule has 0 spiro atoms. The molecule has 0 aromatic carbocycles. The molecule has 7 nitrogen and oxygen atoms in total. The van der Waals surface area contributed by atoms with E-state index < -0.39 is 45.6 Å². The van der Waals surface area contributed by atoms with Gasteiger partial charge in [0, 0.05) is 16.7 Å². The van der Waals surface area contributed by atoms with Crippen molar-refractivity contribution < 1.29 is 33.7 Å². The van der Waals surface area contributed by atoms with Crippen LogP contribution in [0, 0.1) is 50.2 Å². The molecule has 4 aliphatic carbocycles. The Kier molecular flexibility index (Phi) is 5.10. The Bertz CT molecular complexity index is 1170. The largest absolute Gasteiger partial charge is 0.469 e. The van der Waals surface area contributed by atoms with Crippen LogP contribution in [0.15, 0.2) is 11.6 Å². The van der Waals surface area contributed by atoms with Crippen molar-refractivity contribution >= 4 is 17.7 Å². The number of ether oxygens (including phenoxy) is 3. The van der Waals surface area contributed by atoms with Crippen molar-refractivity contribution in [3.8, 4) is 0 Å². The maximum absolute atomic E-state index is 14.5. The van der Waals surface area contributed by atoms with Crippen molar-refractivity contribution in [2.45, 2.75) is 105 Å². The first-order chi connectivity index (χ1) is 17.4. The number of carbonyl (C=O) groups is 3. The quantitative estimate of drug-likeness (QED) is 0.481. The zero-order chi connectivity index (χ0) is 27.9. The Balaban J connectivity index is 1.52. The Morgan fingerprint density at radius 2 is 1.66 bits per heavy atom. The normalized spacial score (nSPS) is 52.0. The maximum atomic E-state index is 14.5. The summed E-state index contributed by atoms with van der Waals surface area (Å²) < 4.78 is 17.2. The summed E-state index contributed by atoms with van der Waals surface area (Å²) in [5.41, 5.74) is -1.85. The second kappa shape index (κ2) is 7.31. The van der Waals surface area contributed by atoms with Crippen molar-refractivity contribution in [2.75, 3.05) is 7.11 Å². The van der Waals surface area contributed by atoms with E-state index in [1.807, 2.05) is 26.8 Å². The summed E-state index contributed by atoms with van der Waals surface area (Å²) in [6, 6.07) is 0. The molecule has 2 saturated heterocycles. The minimum atomic E-state index is -2.00. The van der Waals surface area contributed by atoms with Crippen LogP contribution in [0.3, 0.4) is 0 Å². The molecule has 0 aromatic rings. The first-order valence-electron chi connectivity index (χ1n) is 14.4. The molecule has 38 heavy (non-hydrogen) atoms. The molecule has 0 unspecified atom stereocenters. The highest BCUT2D eigenvalue weighted by Crippen LogP contribution is 2.76. The van der Waals surface area contributed by atoms with Crippen LogP contribution in [0.2, 0.25) is 0 Å². The van der Waals surface area contributed by atoms with E-state index in [0.29, 0.717) is 0 Å². The van der Waals surface area contributed by atoms with Gasteiger partial charge in [0.1, 0.15) is 0 Å². The van der Waals surface area contributed by atoms with Gasteiger partial charge >= 0.3 is 11.9 Å². The first kappa shape index (κ1) is 26.5. The highest BCUT2D eigenvalue weighted by atomic mass is 16.8. The predicted octanol–water partition coefficient (Wildman–Crippen LogP) is 4.95. The number of ketones is 1. The van der Waals surface area contributed by atoms with Gasteiger partial charge in [-0.15, -0.1) is 0 Å². The molecule has 3 saturated carbocycles. The highest BCUT2D eigenvalue weighted by Gasteiger charge is 2.79. The fourth-order valence-corrected chi connectivity index (χ4v) is 10.7. The van der Waals surface area contributed by atoms with E-state index in [1.165, 1.54) is 7.11 Å². The third kappa shape index (κ3) is 2.71. The fraction of sp³-hybridized carbons (Fsp3) is 0.839. The minimum Gasteiger partial charge on any atom is -0.469 e. The number of fused-ring (bicyclic) bond motifs is 10. The number of methoxy groups -OCH3 is 1. The van der Waals surface area contributed by atoms with E-state index in [1.54, 1.807) is 0 Å². The second-order valence-electron chi connectivity index (χ2n) is 15.4. The smallest absolute Gasteiger partial charge is 0.369 e. The summed E-state index contributed by atoms with van der Waals surface area (Å²) in [5, 5.41) is 11.3.